The van der Waals surface area contributed by atoms with Crippen LogP contribution in [0.3, 0.4) is 0 Å². The van der Waals surface area contributed by atoms with Crippen LogP contribution in [0.5, 0.6) is 0 Å². The molecule has 72 valence electrons. The molecule has 4 heteroatoms. The summed E-state index contributed by atoms with van der Waals surface area (Å²) in [6.07, 6.45) is 1.59. The number of likely N-dealkylation sites (N-methyl/N-ethyl adjacent to an activating group) is 1. The Labute approximate surface area is 86.7 Å². The van der Waals surface area contributed by atoms with E-state index in [2.05, 4.69) is 5.32 Å². The molecule has 1 rings (SSSR count). The maximum Gasteiger partial charge on any atom is 0.261 e. The van der Waals surface area contributed by atoms with Crippen LogP contribution in [0.4, 0.5) is 0 Å². The third-order valence-corrected chi connectivity index (χ3v) is 2.59. The Morgan fingerprint density at radius 1 is 1.64 bits per heavy atom. The Morgan fingerprint density at radius 2 is 2.36 bits per heavy atom. The van der Waals surface area contributed by atoms with Gasteiger partial charge < -0.3 is 5.32 Å². The molecule has 0 fully saturated rings. The first-order valence-electron chi connectivity index (χ1n) is 4.07. The Kier molecular flexibility index (Phi) is 3.43. The smallest absolute Gasteiger partial charge is 0.261 e. The van der Waals surface area contributed by atoms with Crippen molar-refractivity contribution in [3.05, 3.63) is 27.5 Å². The highest BCUT2D eigenvalue weighted by atomic mass is 32.1. The summed E-state index contributed by atoms with van der Waals surface area (Å²) in [5.74, 6) is -0.349. The van der Waals surface area contributed by atoms with Crippen molar-refractivity contribution >= 4 is 23.3 Å². The van der Waals surface area contributed by atoms with Crippen molar-refractivity contribution in [1.82, 2.24) is 5.32 Å². The summed E-state index contributed by atoms with van der Waals surface area (Å²) >= 11 is 1.55. The van der Waals surface area contributed by atoms with Gasteiger partial charge in [-0.3, -0.25) is 4.79 Å². The highest BCUT2D eigenvalue weighted by molar-refractivity contribution is 7.12. The van der Waals surface area contributed by atoms with Crippen LogP contribution in [0, 0.1) is 18.3 Å². The van der Waals surface area contributed by atoms with Crippen LogP contribution in [0.2, 0.25) is 0 Å². The highest BCUT2D eigenvalue weighted by Crippen LogP contribution is 2.18. The molecule has 1 aromatic rings. The molecule has 0 aliphatic carbocycles. The summed E-state index contributed by atoms with van der Waals surface area (Å²) in [7, 11) is 1.51. The first-order valence-corrected chi connectivity index (χ1v) is 4.89. The second-order valence-corrected chi connectivity index (χ2v) is 4.02. The molecule has 1 N–H and O–H groups in total. The van der Waals surface area contributed by atoms with Gasteiger partial charge in [-0.15, -0.1) is 11.3 Å². The number of nitrogens with zero attached hydrogens (tertiary/aromatic N) is 1. The minimum absolute atomic E-state index is 0.134. The average Bonchev–Trinajstić information content (AvgIpc) is 2.59. The van der Waals surface area contributed by atoms with Gasteiger partial charge in [-0.05, 0) is 25.1 Å². The van der Waals surface area contributed by atoms with Crippen LogP contribution in [-0.2, 0) is 4.79 Å². The molecule has 3 nitrogen and oxygen atoms in total. The molecular formula is C10H10N2OS. The number of nitriles is 1. The van der Waals surface area contributed by atoms with E-state index < -0.39 is 0 Å². The van der Waals surface area contributed by atoms with E-state index in [1.54, 1.807) is 17.4 Å². The van der Waals surface area contributed by atoms with E-state index in [9.17, 15) is 4.79 Å². The van der Waals surface area contributed by atoms with Crippen LogP contribution >= 0.6 is 11.3 Å². The first-order chi connectivity index (χ1) is 6.67. The number of hydrogen-bond acceptors (Lipinski definition) is 3. The zero-order valence-electron chi connectivity index (χ0n) is 8.00. The largest absolute Gasteiger partial charge is 0.354 e. The van der Waals surface area contributed by atoms with E-state index in [1.807, 2.05) is 25.1 Å². The van der Waals surface area contributed by atoms with Crippen LogP contribution < -0.4 is 5.32 Å². The van der Waals surface area contributed by atoms with Gasteiger partial charge in [-0.25, -0.2) is 0 Å². The Hall–Kier alpha value is -1.60. The van der Waals surface area contributed by atoms with Crippen LogP contribution in [-0.4, -0.2) is 13.0 Å². The quantitative estimate of drug-likeness (QED) is 0.591. The second-order valence-electron chi connectivity index (χ2n) is 2.70. The maximum atomic E-state index is 11.2. The normalized spacial score (nSPS) is 10.8. The van der Waals surface area contributed by atoms with E-state index in [-0.39, 0.29) is 11.5 Å². The summed E-state index contributed by atoms with van der Waals surface area (Å²) < 4.78 is 0. The number of hydrogen-bond donors (Lipinski definition) is 1. The van der Waals surface area contributed by atoms with Crippen LogP contribution in [0.15, 0.2) is 17.7 Å². The Morgan fingerprint density at radius 3 is 2.79 bits per heavy atom. The number of carbonyl (C=O) groups is 1. The monoisotopic (exact) mass is 206 g/mol. The zero-order chi connectivity index (χ0) is 10.6. The molecule has 0 aromatic carbocycles. The standard InChI is InChI=1S/C10H10N2OS/c1-7-3-4-9(14-7)5-8(6-11)10(13)12-2/h3-5H,1-2H3,(H,12,13)/b8-5+. The number of amides is 1. The van der Waals surface area contributed by atoms with Crippen molar-refractivity contribution in [2.24, 2.45) is 0 Å². The molecule has 0 unspecified atom stereocenters. The Bertz CT molecular complexity index is 412. The van der Waals surface area contributed by atoms with Gasteiger partial charge in [0.05, 0.1) is 0 Å². The van der Waals surface area contributed by atoms with E-state index in [0.29, 0.717) is 0 Å². The topological polar surface area (TPSA) is 52.9 Å². The fraction of sp³-hybridized carbons (Fsp3) is 0.200. The van der Waals surface area contributed by atoms with Gasteiger partial charge in [-0.2, -0.15) is 5.26 Å². The van der Waals surface area contributed by atoms with Crippen molar-refractivity contribution in [1.29, 1.82) is 5.26 Å². The summed E-state index contributed by atoms with van der Waals surface area (Å²) in [5, 5.41) is 11.1. The number of carbonyl (C=O) groups excluding carboxylic acids is 1. The molecule has 0 spiro atoms. The molecule has 1 aromatic heterocycles. The number of aryl methyl sites for hydroxylation is 1. The van der Waals surface area contributed by atoms with E-state index in [4.69, 9.17) is 5.26 Å². The molecule has 1 heterocycles. The summed E-state index contributed by atoms with van der Waals surface area (Å²) in [6, 6.07) is 5.71. The van der Waals surface area contributed by atoms with Crippen molar-refractivity contribution in [3.63, 3.8) is 0 Å². The molecule has 1 amide bonds. The third kappa shape index (κ3) is 2.44. The lowest BCUT2D eigenvalue weighted by Crippen LogP contribution is -2.18. The zero-order valence-corrected chi connectivity index (χ0v) is 8.81. The summed E-state index contributed by atoms with van der Waals surface area (Å²) in [6.45, 7) is 1.98. The number of nitrogens with one attached hydrogen (secondary N) is 1. The van der Waals surface area contributed by atoms with Gasteiger partial charge in [0, 0.05) is 16.8 Å². The van der Waals surface area contributed by atoms with Gasteiger partial charge in [0.2, 0.25) is 0 Å². The predicted octanol–water partition coefficient (Wildman–Crippen LogP) is 1.71. The number of rotatable bonds is 2. The fourth-order valence-corrected chi connectivity index (χ4v) is 1.78. The molecule has 0 radical (unpaired) electrons. The van der Waals surface area contributed by atoms with Gasteiger partial charge in [0.15, 0.2) is 0 Å². The van der Waals surface area contributed by atoms with Crippen molar-refractivity contribution in [2.75, 3.05) is 7.05 Å². The molecule has 0 saturated carbocycles. The molecule has 0 aliphatic heterocycles. The lowest BCUT2D eigenvalue weighted by atomic mass is 10.2. The molecule has 0 saturated heterocycles. The maximum absolute atomic E-state index is 11.2. The van der Waals surface area contributed by atoms with E-state index in [0.717, 1.165) is 9.75 Å². The minimum atomic E-state index is -0.349. The summed E-state index contributed by atoms with van der Waals surface area (Å²) in [4.78, 5) is 13.2. The van der Waals surface area contributed by atoms with Gasteiger partial charge in [0.1, 0.15) is 11.6 Å². The summed E-state index contributed by atoms with van der Waals surface area (Å²) in [5.41, 5.74) is 0.134. The van der Waals surface area contributed by atoms with Crippen molar-refractivity contribution < 1.29 is 4.79 Å². The number of thiophene rings is 1. The average molecular weight is 206 g/mol. The van der Waals surface area contributed by atoms with Gasteiger partial charge in [0.25, 0.3) is 5.91 Å². The second kappa shape index (κ2) is 4.58. The fourth-order valence-electron chi connectivity index (χ4n) is 0.957. The molecule has 0 atom stereocenters. The van der Waals surface area contributed by atoms with Gasteiger partial charge in [-0.1, -0.05) is 0 Å². The van der Waals surface area contributed by atoms with E-state index >= 15 is 0 Å². The Balaban J connectivity index is 2.96. The van der Waals surface area contributed by atoms with Crippen LogP contribution in [0.1, 0.15) is 9.75 Å². The molecule has 0 bridgehead atoms. The molecular weight excluding hydrogens is 196 g/mol. The molecule has 14 heavy (non-hydrogen) atoms. The lowest BCUT2D eigenvalue weighted by molar-refractivity contribution is -0.116. The molecule has 0 aliphatic rings. The van der Waals surface area contributed by atoms with Gasteiger partial charge >= 0.3 is 0 Å². The highest BCUT2D eigenvalue weighted by Gasteiger charge is 2.06. The van der Waals surface area contributed by atoms with Crippen molar-refractivity contribution in [2.45, 2.75) is 6.92 Å². The van der Waals surface area contributed by atoms with E-state index in [1.165, 1.54) is 7.05 Å². The third-order valence-electron chi connectivity index (χ3n) is 1.64. The minimum Gasteiger partial charge on any atom is -0.354 e. The SMILES string of the molecule is CNC(=O)/C(C#N)=C/c1ccc(C)s1. The van der Waals surface area contributed by atoms with Crippen molar-refractivity contribution in [3.8, 4) is 6.07 Å². The lowest BCUT2D eigenvalue weighted by Gasteiger charge is -1.94. The first kappa shape index (κ1) is 10.5. The predicted molar refractivity (Wildman–Crippen MR) is 56.7 cm³/mol. The van der Waals surface area contributed by atoms with Crippen LogP contribution in [0.25, 0.3) is 6.08 Å².